The molecule has 0 saturated carbocycles. The number of hydrogen-bond donors (Lipinski definition) is 3. The summed E-state index contributed by atoms with van der Waals surface area (Å²) >= 11 is 0. The zero-order valence-electron chi connectivity index (χ0n) is 9.92. The Labute approximate surface area is 133 Å². The van der Waals surface area contributed by atoms with Gasteiger partial charge in [-0.15, -0.1) is 0 Å². The third-order valence-electron chi connectivity index (χ3n) is 2.15. The van der Waals surface area contributed by atoms with Crippen LogP contribution in [0.15, 0.2) is 0 Å². The Morgan fingerprint density at radius 2 is 1.76 bits per heavy atom. The van der Waals surface area contributed by atoms with Gasteiger partial charge >= 0.3 is 43.7 Å². The van der Waals surface area contributed by atoms with E-state index in [0.717, 1.165) is 13.0 Å². The van der Waals surface area contributed by atoms with Crippen LogP contribution < -0.4 is 10.6 Å². The molecule has 0 bridgehead atoms. The van der Waals surface area contributed by atoms with Crippen LogP contribution in [0.3, 0.4) is 0 Å². The van der Waals surface area contributed by atoms with Crippen molar-refractivity contribution in [3.8, 4) is 0 Å². The molecule has 3 N–H and O–H groups in total. The van der Waals surface area contributed by atoms with Gasteiger partial charge in [0.25, 0.3) is 0 Å². The van der Waals surface area contributed by atoms with Gasteiger partial charge in [-0.25, -0.2) is 0 Å². The molecule has 0 heterocycles. The predicted molar refractivity (Wildman–Crippen MR) is 70.8 cm³/mol. The van der Waals surface area contributed by atoms with Gasteiger partial charge in [-0.3, -0.25) is 9.59 Å². The van der Waals surface area contributed by atoms with Crippen molar-refractivity contribution in [2.75, 3.05) is 19.6 Å². The summed E-state index contributed by atoms with van der Waals surface area (Å²) in [6, 6.07) is 0. The number of carbonyl (C=O) groups excluding carboxylic acids is 1. The van der Waals surface area contributed by atoms with Crippen LogP contribution in [0.1, 0.15) is 39.0 Å². The number of nitrogens with one attached hydrogen (secondary N) is 2. The summed E-state index contributed by atoms with van der Waals surface area (Å²) in [4.78, 5) is 21.3. The second-order valence-electron chi connectivity index (χ2n) is 3.70. The molecule has 17 heavy (non-hydrogen) atoms. The third kappa shape index (κ3) is 16.2. The van der Waals surface area contributed by atoms with Crippen molar-refractivity contribution in [1.29, 1.82) is 0 Å². The SMILES string of the molecule is CCCCCNCCC(=O)NCCC(=O)O.[CaH2]. The quantitative estimate of drug-likeness (QED) is 0.381. The Bertz CT molecular complexity index is 213. The number of unbranched alkanes of at least 4 members (excludes halogenated alkanes) is 2. The van der Waals surface area contributed by atoms with Crippen molar-refractivity contribution in [1.82, 2.24) is 10.6 Å². The Morgan fingerprint density at radius 3 is 2.35 bits per heavy atom. The molecular weight excluding hydrogens is 248 g/mol. The first-order valence-electron chi connectivity index (χ1n) is 5.86. The van der Waals surface area contributed by atoms with Crippen molar-refractivity contribution in [2.24, 2.45) is 0 Å². The summed E-state index contributed by atoms with van der Waals surface area (Å²) in [5.74, 6) is -0.984. The van der Waals surface area contributed by atoms with Gasteiger partial charge in [0.05, 0.1) is 6.42 Å². The molecule has 0 aromatic heterocycles. The molecule has 0 spiro atoms. The van der Waals surface area contributed by atoms with Crippen LogP contribution in [0.2, 0.25) is 0 Å². The first-order chi connectivity index (χ1) is 7.66. The second-order valence-corrected chi connectivity index (χ2v) is 3.70. The number of amides is 1. The summed E-state index contributed by atoms with van der Waals surface area (Å²) in [5.41, 5.74) is 0. The summed E-state index contributed by atoms with van der Waals surface area (Å²) < 4.78 is 0. The molecule has 0 aliphatic carbocycles. The van der Waals surface area contributed by atoms with Gasteiger partial charge in [0.1, 0.15) is 0 Å². The fraction of sp³-hybridized carbons (Fsp3) is 0.818. The summed E-state index contributed by atoms with van der Waals surface area (Å²) in [7, 11) is 0. The molecule has 5 nitrogen and oxygen atoms in total. The van der Waals surface area contributed by atoms with Gasteiger partial charge in [-0.1, -0.05) is 19.8 Å². The molecule has 0 aromatic carbocycles. The van der Waals surface area contributed by atoms with E-state index in [1.807, 2.05) is 0 Å². The fourth-order valence-electron chi connectivity index (χ4n) is 1.22. The Balaban J connectivity index is 0. The molecule has 0 aliphatic heterocycles. The van der Waals surface area contributed by atoms with Crippen LogP contribution in [-0.2, 0) is 9.59 Å². The minimum atomic E-state index is -0.891. The van der Waals surface area contributed by atoms with E-state index in [0.29, 0.717) is 13.0 Å². The zero-order chi connectivity index (χ0) is 12.2. The zero-order valence-corrected chi connectivity index (χ0v) is 9.92. The van der Waals surface area contributed by atoms with E-state index >= 15 is 0 Å². The van der Waals surface area contributed by atoms with Gasteiger partial charge in [-0.05, 0) is 13.0 Å². The number of carboxylic acid groups (broad SMARTS) is 1. The molecule has 0 saturated heterocycles. The molecule has 0 atom stereocenters. The van der Waals surface area contributed by atoms with Crippen LogP contribution in [0.4, 0.5) is 0 Å². The summed E-state index contributed by atoms with van der Waals surface area (Å²) in [6.45, 7) is 3.96. The topological polar surface area (TPSA) is 78.4 Å². The molecule has 6 heteroatoms. The van der Waals surface area contributed by atoms with Crippen LogP contribution in [0.25, 0.3) is 0 Å². The van der Waals surface area contributed by atoms with Crippen LogP contribution in [0, 0.1) is 0 Å². The van der Waals surface area contributed by atoms with Gasteiger partial charge in [0, 0.05) is 19.5 Å². The molecule has 0 rings (SSSR count). The van der Waals surface area contributed by atoms with Crippen LogP contribution >= 0.6 is 0 Å². The molecule has 0 unspecified atom stereocenters. The van der Waals surface area contributed by atoms with E-state index < -0.39 is 5.97 Å². The average Bonchev–Trinajstić information content (AvgIpc) is 2.22. The average molecular weight is 272 g/mol. The van der Waals surface area contributed by atoms with Gasteiger partial charge in [0.2, 0.25) is 5.91 Å². The normalized spacial score (nSPS) is 9.47. The predicted octanol–water partition coefficient (Wildman–Crippen LogP) is -0.169. The molecular formula is C11H24CaN2O3. The molecule has 0 aromatic rings. The van der Waals surface area contributed by atoms with Crippen LogP contribution in [-0.4, -0.2) is 74.4 Å². The Kier molecular flexibility index (Phi) is 16.3. The van der Waals surface area contributed by atoms with Crippen molar-refractivity contribution in [3.05, 3.63) is 0 Å². The Morgan fingerprint density at radius 1 is 1.06 bits per heavy atom. The Hall–Kier alpha value is 0.160. The first kappa shape index (κ1) is 19.5. The van der Waals surface area contributed by atoms with E-state index in [2.05, 4.69) is 17.6 Å². The van der Waals surface area contributed by atoms with Gasteiger partial charge < -0.3 is 15.7 Å². The third-order valence-corrected chi connectivity index (χ3v) is 2.15. The van der Waals surface area contributed by atoms with Crippen molar-refractivity contribution in [2.45, 2.75) is 39.0 Å². The number of aliphatic carboxylic acids is 1. The van der Waals surface area contributed by atoms with Crippen molar-refractivity contribution >= 4 is 49.6 Å². The molecule has 98 valence electrons. The second kappa shape index (κ2) is 14.2. The fourth-order valence-corrected chi connectivity index (χ4v) is 1.22. The minimum absolute atomic E-state index is 0. The van der Waals surface area contributed by atoms with E-state index in [1.54, 1.807) is 0 Å². The monoisotopic (exact) mass is 272 g/mol. The number of hydrogen-bond acceptors (Lipinski definition) is 3. The first-order valence-corrected chi connectivity index (χ1v) is 5.86. The number of carbonyl (C=O) groups is 2. The molecule has 0 radical (unpaired) electrons. The summed E-state index contributed by atoms with van der Waals surface area (Å²) in [5, 5.41) is 14.1. The maximum absolute atomic E-state index is 11.2. The van der Waals surface area contributed by atoms with Crippen LogP contribution in [0.5, 0.6) is 0 Å². The number of rotatable bonds is 10. The van der Waals surface area contributed by atoms with Gasteiger partial charge in [0.15, 0.2) is 0 Å². The van der Waals surface area contributed by atoms with Crippen molar-refractivity contribution in [3.63, 3.8) is 0 Å². The van der Waals surface area contributed by atoms with Crippen molar-refractivity contribution < 1.29 is 14.7 Å². The molecule has 0 aliphatic rings. The van der Waals surface area contributed by atoms with Gasteiger partial charge in [-0.2, -0.15) is 0 Å². The number of carboxylic acids is 1. The van der Waals surface area contributed by atoms with E-state index in [9.17, 15) is 9.59 Å². The van der Waals surface area contributed by atoms with E-state index in [1.165, 1.54) is 12.8 Å². The molecule has 0 fully saturated rings. The maximum atomic E-state index is 11.2. The molecule has 1 amide bonds. The standard InChI is InChI=1S/C11H22N2O3.Ca.2H/c1-2-3-4-7-12-8-5-10(14)13-9-6-11(15)16;;;/h12H,2-9H2,1H3,(H,13,14)(H,15,16);;;. The van der Waals surface area contributed by atoms with E-state index in [4.69, 9.17) is 5.11 Å². The van der Waals surface area contributed by atoms with E-state index in [-0.39, 0.29) is 56.6 Å². The summed E-state index contributed by atoms with van der Waals surface area (Å²) in [6.07, 6.45) is 3.92.